The number of carboxylic acid groups (broad SMARTS) is 1. The number of aliphatic carboxylic acids is 1. The van der Waals surface area contributed by atoms with Crippen molar-refractivity contribution in [2.24, 2.45) is 11.8 Å². The molecule has 1 heterocycles. The van der Waals surface area contributed by atoms with Gasteiger partial charge in [-0.15, -0.1) is 11.3 Å². The molecule has 7 nitrogen and oxygen atoms in total. The summed E-state index contributed by atoms with van der Waals surface area (Å²) in [5, 5.41) is 32.0. The number of non-ortho nitro benzene ring substituents is 1. The first-order chi connectivity index (χ1) is 12.2. The van der Waals surface area contributed by atoms with E-state index in [1.807, 2.05) is 6.92 Å². The standard InChI is InChI=1S/C17H17ClN2O5S/c1-9-7-17(23,3-2-13(9)15(21)22)16-19-8-14(26-16)10-4-11(18)6-12(5-10)20(24)25/h4-6,8-9,13,23H,2-3,7H2,1H3,(H,21,22)/t9?,13-,17?/m0/s1. The van der Waals surface area contributed by atoms with Gasteiger partial charge >= 0.3 is 5.97 Å². The fraction of sp³-hybridized carbons (Fsp3) is 0.412. The molecule has 26 heavy (non-hydrogen) atoms. The van der Waals surface area contributed by atoms with Gasteiger partial charge < -0.3 is 10.2 Å². The molecule has 0 aliphatic heterocycles. The molecule has 0 saturated heterocycles. The molecule has 1 fully saturated rings. The van der Waals surface area contributed by atoms with Crippen LogP contribution in [0, 0.1) is 22.0 Å². The van der Waals surface area contributed by atoms with Crippen LogP contribution in [-0.2, 0) is 10.4 Å². The lowest BCUT2D eigenvalue weighted by Gasteiger charge is -2.37. The Labute approximate surface area is 158 Å². The van der Waals surface area contributed by atoms with Gasteiger partial charge in [0.05, 0.1) is 15.7 Å². The summed E-state index contributed by atoms with van der Waals surface area (Å²) in [5.74, 6) is -1.48. The van der Waals surface area contributed by atoms with Crippen LogP contribution >= 0.6 is 22.9 Å². The maximum atomic E-state index is 11.3. The molecule has 0 spiro atoms. The topological polar surface area (TPSA) is 114 Å². The first-order valence-electron chi connectivity index (χ1n) is 8.06. The van der Waals surface area contributed by atoms with Crippen LogP contribution in [-0.4, -0.2) is 26.1 Å². The molecule has 2 aromatic rings. The van der Waals surface area contributed by atoms with E-state index in [0.29, 0.717) is 34.7 Å². The van der Waals surface area contributed by atoms with E-state index >= 15 is 0 Å². The minimum absolute atomic E-state index is 0.114. The fourth-order valence-electron chi connectivity index (χ4n) is 3.46. The van der Waals surface area contributed by atoms with E-state index in [1.165, 1.54) is 23.5 Å². The third-order valence-corrected chi connectivity index (χ3v) is 6.27. The third-order valence-electron chi connectivity index (χ3n) is 4.81. The molecule has 2 unspecified atom stereocenters. The maximum absolute atomic E-state index is 11.3. The highest BCUT2D eigenvalue weighted by Crippen LogP contribution is 2.45. The Morgan fingerprint density at radius 2 is 2.19 bits per heavy atom. The van der Waals surface area contributed by atoms with Gasteiger partial charge in [-0.1, -0.05) is 18.5 Å². The minimum atomic E-state index is -1.18. The van der Waals surface area contributed by atoms with Crippen LogP contribution in [0.25, 0.3) is 10.4 Å². The Hall–Kier alpha value is -2.03. The van der Waals surface area contributed by atoms with Gasteiger partial charge in [0, 0.05) is 28.9 Å². The van der Waals surface area contributed by atoms with Crippen molar-refractivity contribution in [3.63, 3.8) is 0 Å². The van der Waals surface area contributed by atoms with Crippen molar-refractivity contribution in [3.8, 4) is 10.4 Å². The van der Waals surface area contributed by atoms with Crippen LogP contribution in [0.5, 0.6) is 0 Å². The molecule has 0 bridgehead atoms. The average Bonchev–Trinajstić information content (AvgIpc) is 3.04. The van der Waals surface area contributed by atoms with Gasteiger partial charge in [-0.25, -0.2) is 4.98 Å². The lowest BCUT2D eigenvalue weighted by atomic mass is 9.72. The first-order valence-corrected chi connectivity index (χ1v) is 9.26. The van der Waals surface area contributed by atoms with Crippen molar-refractivity contribution in [2.75, 3.05) is 0 Å². The quantitative estimate of drug-likeness (QED) is 0.594. The number of aromatic nitrogens is 1. The predicted molar refractivity (Wildman–Crippen MR) is 97.3 cm³/mol. The number of carboxylic acids is 1. The summed E-state index contributed by atoms with van der Waals surface area (Å²) in [6, 6.07) is 4.30. The lowest BCUT2D eigenvalue weighted by molar-refractivity contribution is -0.384. The SMILES string of the molecule is CC1CC(O)(c2ncc(-c3cc(Cl)cc([N+](=O)[O-])c3)s2)CC[C@@H]1C(=O)O. The van der Waals surface area contributed by atoms with Crippen LogP contribution in [0.2, 0.25) is 5.02 Å². The Kier molecular flexibility index (Phi) is 5.01. The molecule has 0 radical (unpaired) electrons. The molecule has 3 rings (SSSR count). The van der Waals surface area contributed by atoms with E-state index in [4.69, 9.17) is 11.6 Å². The number of hydrogen-bond acceptors (Lipinski definition) is 6. The van der Waals surface area contributed by atoms with E-state index < -0.39 is 22.4 Å². The molecule has 1 aliphatic carbocycles. The van der Waals surface area contributed by atoms with Gasteiger partial charge in [0.15, 0.2) is 0 Å². The van der Waals surface area contributed by atoms with Crippen LogP contribution < -0.4 is 0 Å². The molecule has 1 saturated carbocycles. The Balaban J connectivity index is 1.89. The number of thiazole rings is 1. The maximum Gasteiger partial charge on any atom is 0.306 e. The fourth-order valence-corrected chi connectivity index (χ4v) is 4.72. The zero-order chi connectivity index (χ0) is 19.1. The van der Waals surface area contributed by atoms with E-state index in [2.05, 4.69) is 4.98 Å². The van der Waals surface area contributed by atoms with Crippen molar-refractivity contribution < 1.29 is 19.9 Å². The second-order valence-electron chi connectivity index (χ2n) is 6.68. The smallest absolute Gasteiger partial charge is 0.306 e. The number of aliphatic hydroxyl groups is 1. The molecule has 2 N–H and O–H groups in total. The summed E-state index contributed by atoms with van der Waals surface area (Å²) in [5.41, 5.74) is -0.737. The molecule has 1 aliphatic rings. The largest absolute Gasteiger partial charge is 0.481 e. The lowest BCUT2D eigenvalue weighted by Crippen LogP contribution is -2.38. The van der Waals surface area contributed by atoms with E-state index in [9.17, 15) is 25.1 Å². The van der Waals surface area contributed by atoms with Gasteiger partial charge in [0.25, 0.3) is 5.69 Å². The van der Waals surface area contributed by atoms with Crippen molar-refractivity contribution >= 4 is 34.6 Å². The van der Waals surface area contributed by atoms with Gasteiger partial charge in [0.1, 0.15) is 10.6 Å². The summed E-state index contributed by atoms with van der Waals surface area (Å²) in [6.07, 6.45) is 2.56. The van der Waals surface area contributed by atoms with E-state index in [1.54, 1.807) is 12.3 Å². The molecule has 1 aromatic heterocycles. The molecular formula is C17H17ClN2O5S. The molecule has 3 atom stereocenters. The number of nitrogens with zero attached hydrogens (tertiary/aromatic N) is 2. The number of nitro benzene ring substituents is 1. The summed E-state index contributed by atoms with van der Waals surface area (Å²) in [4.78, 5) is 26.7. The normalized spacial score (nSPS) is 25.8. The number of carbonyl (C=O) groups is 1. The van der Waals surface area contributed by atoms with Gasteiger partial charge in [-0.05, 0) is 31.2 Å². The zero-order valence-electron chi connectivity index (χ0n) is 13.9. The third kappa shape index (κ3) is 3.58. The predicted octanol–water partition coefficient (Wildman–Crippen LogP) is 4.08. The highest BCUT2D eigenvalue weighted by Gasteiger charge is 2.43. The van der Waals surface area contributed by atoms with Gasteiger partial charge in [-0.3, -0.25) is 14.9 Å². The van der Waals surface area contributed by atoms with Crippen LogP contribution in [0.3, 0.4) is 0 Å². The number of nitro groups is 1. The Morgan fingerprint density at radius 1 is 1.46 bits per heavy atom. The van der Waals surface area contributed by atoms with Gasteiger partial charge in [-0.2, -0.15) is 0 Å². The molecule has 138 valence electrons. The monoisotopic (exact) mass is 396 g/mol. The Morgan fingerprint density at radius 3 is 2.81 bits per heavy atom. The minimum Gasteiger partial charge on any atom is -0.481 e. The van der Waals surface area contributed by atoms with Crippen LogP contribution in [0.4, 0.5) is 5.69 Å². The molecule has 0 amide bonds. The summed E-state index contributed by atoms with van der Waals surface area (Å²) >= 11 is 7.21. The van der Waals surface area contributed by atoms with Gasteiger partial charge in [0.2, 0.25) is 0 Å². The number of rotatable bonds is 4. The number of benzene rings is 1. The molecule has 1 aromatic carbocycles. The highest BCUT2D eigenvalue weighted by molar-refractivity contribution is 7.15. The summed E-state index contributed by atoms with van der Waals surface area (Å²) in [6.45, 7) is 1.82. The molecular weight excluding hydrogens is 380 g/mol. The number of hydrogen-bond donors (Lipinski definition) is 2. The van der Waals surface area contributed by atoms with Crippen LogP contribution in [0.1, 0.15) is 31.2 Å². The zero-order valence-corrected chi connectivity index (χ0v) is 15.5. The second kappa shape index (κ2) is 6.94. The van der Waals surface area contributed by atoms with E-state index in [0.717, 1.165) is 0 Å². The summed E-state index contributed by atoms with van der Waals surface area (Å²) < 4.78 is 0. The van der Waals surface area contributed by atoms with Crippen molar-refractivity contribution in [1.29, 1.82) is 0 Å². The first kappa shape index (κ1) is 18.8. The Bertz CT molecular complexity index is 871. The highest BCUT2D eigenvalue weighted by atomic mass is 35.5. The van der Waals surface area contributed by atoms with Crippen molar-refractivity contribution in [3.05, 3.63) is 44.5 Å². The second-order valence-corrected chi connectivity index (χ2v) is 8.15. The summed E-state index contributed by atoms with van der Waals surface area (Å²) in [7, 11) is 0. The number of halogens is 1. The van der Waals surface area contributed by atoms with Crippen LogP contribution in [0.15, 0.2) is 24.4 Å². The van der Waals surface area contributed by atoms with Crippen molar-refractivity contribution in [2.45, 2.75) is 31.8 Å². The average molecular weight is 397 g/mol. The van der Waals surface area contributed by atoms with Crippen molar-refractivity contribution in [1.82, 2.24) is 4.98 Å². The van der Waals surface area contributed by atoms with E-state index in [-0.39, 0.29) is 16.6 Å². The molecule has 9 heteroatoms.